The van der Waals surface area contributed by atoms with Gasteiger partial charge in [-0.05, 0) is 46.3 Å². The fourth-order valence-corrected chi connectivity index (χ4v) is 5.05. The van der Waals surface area contributed by atoms with Gasteiger partial charge in [0.05, 0.1) is 11.4 Å². The number of hydrogen-bond acceptors (Lipinski definition) is 4. The number of sulfonamides is 1. The van der Waals surface area contributed by atoms with Crippen LogP contribution in [0.2, 0.25) is 0 Å². The largest absolute Gasteiger partial charge is 0.337 e. The Bertz CT molecular complexity index is 1070. The lowest BCUT2D eigenvalue weighted by molar-refractivity contribution is -0.130. The zero-order valence-corrected chi connectivity index (χ0v) is 15.6. The molecule has 1 aliphatic heterocycles. The van der Waals surface area contributed by atoms with E-state index in [1.165, 1.54) is 4.88 Å². The maximum absolute atomic E-state index is 12.5. The second-order valence-electron chi connectivity index (χ2n) is 6.27. The lowest BCUT2D eigenvalue weighted by Crippen LogP contribution is -2.42. The normalized spacial score (nSPS) is 14.4. The van der Waals surface area contributed by atoms with Gasteiger partial charge in [-0.15, -0.1) is 11.3 Å². The minimum atomic E-state index is -3.73. The summed E-state index contributed by atoms with van der Waals surface area (Å²) in [5.74, 6) is -0.203. The molecule has 7 heteroatoms. The first kappa shape index (κ1) is 17.2. The smallest absolute Gasteiger partial charge is 0.241 e. The molecule has 0 aliphatic carbocycles. The van der Waals surface area contributed by atoms with Gasteiger partial charge < -0.3 is 4.90 Å². The van der Waals surface area contributed by atoms with Crippen LogP contribution in [0.5, 0.6) is 0 Å². The third-order valence-corrected chi connectivity index (χ3v) is 7.03. The van der Waals surface area contributed by atoms with Crippen LogP contribution in [0.1, 0.15) is 10.4 Å². The van der Waals surface area contributed by atoms with Gasteiger partial charge >= 0.3 is 0 Å². The molecule has 4 rings (SSSR count). The van der Waals surface area contributed by atoms with Gasteiger partial charge in [0.2, 0.25) is 15.9 Å². The first-order valence-electron chi connectivity index (χ1n) is 8.34. The second-order valence-corrected chi connectivity index (χ2v) is 9.04. The predicted octanol–water partition coefficient (Wildman–Crippen LogP) is 2.76. The average molecular weight is 386 g/mol. The van der Waals surface area contributed by atoms with Gasteiger partial charge in [-0.25, -0.2) is 13.1 Å². The summed E-state index contributed by atoms with van der Waals surface area (Å²) in [6, 6.07) is 14.6. The third-order valence-electron chi connectivity index (χ3n) is 4.61. The Hall–Kier alpha value is -2.22. The average Bonchev–Trinajstić information content (AvgIpc) is 3.13. The van der Waals surface area contributed by atoms with E-state index in [1.807, 2.05) is 35.7 Å². The van der Waals surface area contributed by atoms with Crippen LogP contribution in [-0.2, 0) is 27.8 Å². The highest BCUT2D eigenvalue weighted by Gasteiger charge is 2.23. The van der Waals surface area contributed by atoms with Crippen LogP contribution in [0.3, 0.4) is 0 Å². The molecule has 0 unspecified atom stereocenters. The highest BCUT2D eigenvalue weighted by atomic mass is 32.2. The van der Waals surface area contributed by atoms with Crippen molar-refractivity contribution in [2.75, 3.05) is 13.1 Å². The van der Waals surface area contributed by atoms with E-state index in [0.29, 0.717) is 13.1 Å². The van der Waals surface area contributed by atoms with Crippen LogP contribution in [0.15, 0.2) is 58.8 Å². The molecule has 1 amide bonds. The van der Waals surface area contributed by atoms with Crippen LogP contribution < -0.4 is 4.72 Å². The zero-order valence-electron chi connectivity index (χ0n) is 14.0. The summed E-state index contributed by atoms with van der Waals surface area (Å²) >= 11 is 1.71. The first-order chi connectivity index (χ1) is 12.5. The molecule has 1 aliphatic rings. The summed E-state index contributed by atoms with van der Waals surface area (Å²) < 4.78 is 27.5. The number of carbonyl (C=O) groups excluding carboxylic acids is 1. The molecular formula is C19H18N2O3S2. The number of carbonyl (C=O) groups is 1. The van der Waals surface area contributed by atoms with Crippen molar-refractivity contribution in [1.29, 1.82) is 0 Å². The third kappa shape index (κ3) is 3.38. The molecule has 0 spiro atoms. The summed E-state index contributed by atoms with van der Waals surface area (Å²) in [4.78, 5) is 15.6. The van der Waals surface area contributed by atoms with Crippen molar-refractivity contribution in [2.45, 2.75) is 17.9 Å². The Morgan fingerprint density at radius 1 is 1.12 bits per heavy atom. The number of amides is 1. The van der Waals surface area contributed by atoms with E-state index in [4.69, 9.17) is 0 Å². The van der Waals surface area contributed by atoms with Gasteiger partial charge in [-0.2, -0.15) is 0 Å². The molecule has 0 bridgehead atoms. The molecule has 0 saturated carbocycles. The molecule has 0 saturated heterocycles. The van der Waals surface area contributed by atoms with Crippen molar-refractivity contribution >= 4 is 38.0 Å². The number of hydrogen-bond donors (Lipinski definition) is 1. The van der Waals surface area contributed by atoms with Crippen LogP contribution in [-0.4, -0.2) is 32.3 Å². The number of nitrogens with zero attached hydrogens (tertiary/aromatic N) is 1. The molecular weight excluding hydrogens is 368 g/mol. The van der Waals surface area contributed by atoms with E-state index in [2.05, 4.69) is 4.72 Å². The molecule has 1 aromatic heterocycles. The fraction of sp³-hybridized carbons (Fsp3) is 0.211. The highest BCUT2D eigenvalue weighted by molar-refractivity contribution is 7.89. The molecule has 2 aromatic carbocycles. The van der Waals surface area contributed by atoms with E-state index in [-0.39, 0.29) is 17.3 Å². The molecule has 5 nitrogen and oxygen atoms in total. The zero-order chi connectivity index (χ0) is 18.1. The van der Waals surface area contributed by atoms with Crippen LogP contribution in [0, 0.1) is 0 Å². The van der Waals surface area contributed by atoms with Crippen LogP contribution >= 0.6 is 11.3 Å². The molecule has 3 aromatic rings. The van der Waals surface area contributed by atoms with E-state index >= 15 is 0 Å². The Morgan fingerprint density at radius 3 is 2.77 bits per heavy atom. The van der Waals surface area contributed by atoms with E-state index in [0.717, 1.165) is 22.8 Å². The second kappa shape index (κ2) is 6.83. The molecule has 0 fully saturated rings. The molecule has 1 N–H and O–H groups in total. The first-order valence-corrected chi connectivity index (χ1v) is 10.7. The summed E-state index contributed by atoms with van der Waals surface area (Å²) in [6.07, 6.45) is 0.830. The van der Waals surface area contributed by atoms with Gasteiger partial charge in [0, 0.05) is 18.0 Å². The predicted molar refractivity (Wildman–Crippen MR) is 103 cm³/mol. The monoisotopic (exact) mass is 386 g/mol. The van der Waals surface area contributed by atoms with E-state index in [9.17, 15) is 13.2 Å². The van der Waals surface area contributed by atoms with Gasteiger partial charge in [0.15, 0.2) is 0 Å². The maximum atomic E-state index is 12.5. The number of benzene rings is 2. The fourth-order valence-electron chi connectivity index (χ4n) is 3.15. The van der Waals surface area contributed by atoms with Crippen molar-refractivity contribution in [1.82, 2.24) is 9.62 Å². The van der Waals surface area contributed by atoms with Crippen molar-refractivity contribution in [2.24, 2.45) is 0 Å². The van der Waals surface area contributed by atoms with Crippen LogP contribution in [0.4, 0.5) is 0 Å². The number of thiophene rings is 1. The number of fused-ring (bicyclic) bond motifs is 2. The molecule has 0 atom stereocenters. The minimum Gasteiger partial charge on any atom is -0.337 e. The molecule has 0 radical (unpaired) electrons. The van der Waals surface area contributed by atoms with E-state index < -0.39 is 10.0 Å². The van der Waals surface area contributed by atoms with Gasteiger partial charge in [0.25, 0.3) is 0 Å². The standard InChI is InChI=1S/C19H18N2O3S2/c22-19(21-9-7-18-16(13-21)8-10-25-18)12-20-26(23,24)17-6-5-14-3-1-2-4-15(14)11-17/h1-6,8,10-11,20H,7,9,12-13H2. The summed E-state index contributed by atoms with van der Waals surface area (Å²) in [5.41, 5.74) is 1.16. The molecule has 2 heterocycles. The lowest BCUT2D eigenvalue weighted by atomic mass is 10.1. The van der Waals surface area contributed by atoms with Crippen molar-refractivity contribution in [3.8, 4) is 0 Å². The minimum absolute atomic E-state index is 0.169. The summed E-state index contributed by atoms with van der Waals surface area (Å²) in [5, 5.41) is 3.85. The summed E-state index contributed by atoms with van der Waals surface area (Å²) in [6.45, 7) is 0.952. The van der Waals surface area contributed by atoms with Crippen molar-refractivity contribution in [3.05, 3.63) is 64.4 Å². The SMILES string of the molecule is O=C(CNS(=O)(=O)c1ccc2ccccc2c1)N1CCc2sccc2C1. The Balaban J connectivity index is 1.45. The quantitative estimate of drug-likeness (QED) is 0.750. The van der Waals surface area contributed by atoms with Gasteiger partial charge in [0.1, 0.15) is 0 Å². The van der Waals surface area contributed by atoms with Gasteiger partial charge in [-0.3, -0.25) is 4.79 Å². The Kier molecular flexibility index (Phi) is 4.52. The topological polar surface area (TPSA) is 66.5 Å². The Labute approximate surface area is 156 Å². The maximum Gasteiger partial charge on any atom is 0.241 e. The van der Waals surface area contributed by atoms with Crippen molar-refractivity contribution in [3.63, 3.8) is 0 Å². The highest BCUT2D eigenvalue weighted by Crippen LogP contribution is 2.24. The van der Waals surface area contributed by atoms with E-state index in [1.54, 1.807) is 34.4 Å². The molecule has 26 heavy (non-hydrogen) atoms. The molecule has 134 valence electrons. The number of nitrogens with one attached hydrogen (secondary N) is 1. The van der Waals surface area contributed by atoms with Crippen LogP contribution in [0.25, 0.3) is 10.8 Å². The Morgan fingerprint density at radius 2 is 1.92 bits per heavy atom. The number of rotatable bonds is 4. The summed E-state index contributed by atoms with van der Waals surface area (Å²) in [7, 11) is -3.73. The van der Waals surface area contributed by atoms with Gasteiger partial charge in [-0.1, -0.05) is 30.3 Å². The lowest BCUT2D eigenvalue weighted by Gasteiger charge is -2.27. The van der Waals surface area contributed by atoms with Crippen molar-refractivity contribution < 1.29 is 13.2 Å².